The van der Waals surface area contributed by atoms with Crippen molar-refractivity contribution >= 4 is 26.3 Å². The molecule has 0 spiro atoms. The van der Waals surface area contributed by atoms with Crippen LogP contribution in [-0.2, 0) is 16.4 Å². The van der Waals surface area contributed by atoms with Gasteiger partial charge in [-0.15, -0.1) is 11.3 Å². The molecular weight excluding hydrogens is 258 g/mol. The van der Waals surface area contributed by atoms with Crippen molar-refractivity contribution < 1.29 is 8.42 Å². The molecule has 5 nitrogen and oxygen atoms in total. The Balaban J connectivity index is 2.44. The van der Waals surface area contributed by atoms with Crippen molar-refractivity contribution in [2.75, 3.05) is 17.7 Å². The van der Waals surface area contributed by atoms with E-state index in [0.717, 1.165) is 4.88 Å². The first-order valence-electron chi connectivity index (χ1n) is 5.31. The first kappa shape index (κ1) is 14.4. The molecule has 0 aliphatic carbocycles. The highest BCUT2D eigenvalue weighted by Gasteiger charge is 2.19. The Bertz CT molecular complexity index is 466. The molecule has 0 aliphatic heterocycles. The molecule has 0 amide bonds. The number of nitrogens with one attached hydrogen (secondary N) is 1. The first-order chi connectivity index (χ1) is 7.68. The highest BCUT2D eigenvalue weighted by Crippen LogP contribution is 2.16. The van der Waals surface area contributed by atoms with Gasteiger partial charge in [-0.1, -0.05) is 0 Å². The maximum absolute atomic E-state index is 11.1. The topological polar surface area (TPSA) is 85.1 Å². The Morgan fingerprint density at radius 2 is 2.18 bits per heavy atom. The molecule has 0 saturated carbocycles. The van der Waals surface area contributed by atoms with Crippen molar-refractivity contribution in [2.24, 2.45) is 0 Å². The predicted octanol–water partition coefficient (Wildman–Crippen LogP) is 1.03. The van der Waals surface area contributed by atoms with E-state index in [1.165, 1.54) is 17.6 Å². The summed E-state index contributed by atoms with van der Waals surface area (Å²) < 4.78 is 22.2. The molecule has 0 saturated heterocycles. The number of hydrogen-bond acceptors (Lipinski definition) is 6. The molecule has 0 unspecified atom stereocenters. The second kappa shape index (κ2) is 5.32. The monoisotopic (exact) mass is 277 g/mol. The molecule has 17 heavy (non-hydrogen) atoms. The van der Waals surface area contributed by atoms with Crippen molar-refractivity contribution in [1.29, 1.82) is 0 Å². The van der Waals surface area contributed by atoms with Crippen molar-refractivity contribution in [3.8, 4) is 0 Å². The molecule has 1 heterocycles. The average molecular weight is 277 g/mol. The van der Waals surface area contributed by atoms with E-state index >= 15 is 0 Å². The van der Waals surface area contributed by atoms with Gasteiger partial charge >= 0.3 is 0 Å². The summed E-state index contributed by atoms with van der Waals surface area (Å²) in [6, 6.07) is 0. The third-order valence-electron chi connectivity index (χ3n) is 2.41. The Morgan fingerprint density at radius 3 is 2.65 bits per heavy atom. The highest BCUT2D eigenvalue weighted by molar-refractivity contribution is 7.90. The molecule has 7 heteroatoms. The van der Waals surface area contributed by atoms with Crippen LogP contribution in [0.1, 0.15) is 25.1 Å². The molecule has 0 fully saturated rings. The first-order valence-corrected chi connectivity index (χ1v) is 8.19. The van der Waals surface area contributed by atoms with Crippen LogP contribution in [0.4, 0.5) is 5.13 Å². The number of nitrogen functional groups attached to an aromatic ring is 1. The molecule has 1 aromatic heterocycles. The summed E-state index contributed by atoms with van der Waals surface area (Å²) >= 11 is 1.44. The van der Waals surface area contributed by atoms with E-state index in [1.807, 2.05) is 13.8 Å². The Morgan fingerprint density at radius 1 is 1.53 bits per heavy atom. The zero-order valence-electron chi connectivity index (χ0n) is 10.4. The molecule has 1 rings (SSSR count). The van der Waals surface area contributed by atoms with Gasteiger partial charge in [0.25, 0.3) is 0 Å². The lowest BCUT2D eigenvalue weighted by Gasteiger charge is -2.25. The zero-order valence-corrected chi connectivity index (χ0v) is 12.0. The number of thiazole rings is 1. The summed E-state index contributed by atoms with van der Waals surface area (Å²) in [6.45, 7) is 4.64. The highest BCUT2D eigenvalue weighted by atomic mass is 32.2. The van der Waals surface area contributed by atoms with Gasteiger partial charge in [0.15, 0.2) is 5.13 Å². The fourth-order valence-electron chi connectivity index (χ4n) is 1.26. The van der Waals surface area contributed by atoms with Crippen LogP contribution in [0.15, 0.2) is 6.20 Å². The molecule has 1 aromatic rings. The van der Waals surface area contributed by atoms with E-state index in [9.17, 15) is 8.42 Å². The molecule has 3 N–H and O–H groups in total. The maximum atomic E-state index is 11.1. The van der Waals surface area contributed by atoms with E-state index in [0.29, 0.717) is 18.1 Å². The standard InChI is InChI=1S/C10H19N3O2S2/c1-10(2,4-5-17(3,14)15)13-7-8-6-12-9(11)16-8/h6,13H,4-5,7H2,1-3H3,(H2,11,12). The van der Waals surface area contributed by atoms with E-state index in [4.69, 9.17) is 5.73 Å². The normalized spacial score (nSPS) is 12.9. The Labute approximate surface area is 106 Å². The van der Waals surface area contributed by atoms with Crippen LogP contribution in [0.5, 0.6) is 0 Å². The van der Waals surface area contributed by atoms with Crippen LogP contribution in [0.25, 0.3) is 0 Å². The minimum absolute atomic E-state index is 0.192. The molecule has 0 bridgehead atoms. The van der Waals surface area contributed by atoms with Gasteiger partial charge in [0, 0.05) is 29.4 Å². The largest absolute Gasteiger partial charge is 0.375 e. The molecule has 0 aromatic carbocycles. The Hall–Kier alpha value is -0.660. The summed E-state index contributed by atoms with van der Waals surface area (Å²) in [6.07, 6.45) is 3.58. The second-order valence-electron chi connectivity index (χ2n) is 4.78. The number of aromatic nitrogens is 1. The molecular formula is C10H19N3O2S2. The van der Waals surface area contributed by atoms with Gasteiger partial charge in [-0.2, -0.15) is 0 Å². The molecule has 0 radical (unpaired) electrons. The average Bonchev–Trinajstić information content (AvgIpc) is 2.58. The number of rotatable bonds is 6. The number of nitrogens with two attached hydrogens (primary N) is 1. The van der Waals surface area contributed by atoms with Crippen LogP contribution in [0.3, 0.4) is 0 Å². The van der Waals surface area contributed by atoms with E-state index < -0.39 is 9.84 Å². The summed E-state index contributed by atoms with van der Waals surface area (Å²) in [7, 11) is -2.91. The third kappa shape index (κ3) is 5.99. The lowest BCUT2D eigenvalue weighted by molar-refractivity contribution is 0.376. The lowest BCUT2D eigenvalue weighted by atomic mass is 10.0. The molecule has 98 valence electrons. The summed E-state index contributed by atoms with van der Waals surface area (Å²) in [4.78, 5) is 5.01. The third-order valence-corrected chi connectivity index (χ3v) is 4.18. The fourth-order valence-corrected chi connectivity index (χ4v) is 2.76. The van der Waals surface area contributed by atoms with E-state index in [-0.39, 0.29) is 11.3 Å². The van der Waals surface area contributed by atoms with Gasteiger partial charge in [0.1, 0.15) is 9.84 Å². The fraction of sp³-hybridized carbons (Fsp3) is 0.700. The summed E-state index contributed by atoms with van der Waals surface area (Å²) in [5, 5.41) is 3.86. The van der Waals surface area contributed by atoms with E-state index in [1.54, 1.807) is 6.20 Å². The van der Waals surface area contributed by atoms with Gasteiger partial charge in [-0.05, 0) is 20.3 Å². The van der Waals surface area contributed by atoms with Gasteiger partial charge < -0.3 is 11.1 Å². The maximum Gasteiger partial charge on any atom is 0.180 e. The van der Waals surface area contributed by atoms with Crippen molar-refractivity contribution in [3.63, 3.8) is 0 Å². The smallest absolute Gasteiger partial charge is 0.180 e. The van der Waals surface area contributed by atoms with Crippen LogP contribution >= 0.6 is 11.3 Å². The summed E-state index contributed by atoms with van der Waals surface area (Å²) in [5.41, 5.74) is 5.31. The van der Waals surface area contributed by atoms with Crippen LogP contribution < -0.4 is 11.1 Å². The molecule has 0 atom stereocenters. The predicted molar refractivity (Wildman–Crippen MR) is 71.8 cm³/mol. The number of nitrogens with zero attached hydrogens (tertiary/aromatic N) is 1. The van der Waals surface area contributed by atoms with Gasteiger partial charge in [-0.25, -0.2) is 13.4 Å². The number of sulfone groups is 1. The van der Waals surface area contributed by atoms with Gasteiger partial charge in [-0.3, -0.25) is 0 Å². The van der Waals surface area contributed by atoms with Crippen LogP contribution in [0, 0.1) is 0 Å². The van der Waals surface area contributed by atoms with Crippen LogP contribution in [0.2, 0.25) is 0 Å². The SMILES string of the molecule is CC(C)(CCS(C)(=O)=O)NCc1cnc(N)s1. The van der Waals surface area contributed by atoms with Gasteiger partial charge in [0.2, 0.25) is 0 Å². The minimum Gasteiger partial charge on any atom is -0.375 e. The van der Waals surface area contributed by atoms with Crippen molar-refractivity contribution in [3.05, 3.63) is 11.1 Å². The van der Waals surface area contributed by atoms with Crippen molar-refractivity contribution in [2.45, 2.75) is 32.4 Å². The van der Waals surface area contributed by atoms with Crippen LogP contribution in [-0.4, -0.2) is 30.9 Å². The summed E-state index contributed by atoms with van der Waals surface area (Å²) in [5.74, 6) is 0.192. The van der Waals surface area contributed by atoms with Gasteiger partial charge in [0.05, 0.1) is 5.75 Å². The number of hydrogen-bond donors (Lipinski definition) is 2. The minimum atomic E-state index is -2.91. The Kier molecular flexibility index (Phi) is 4.51. The van der Waals surface area contributed by atoms with Crippen molar-refractivity contribution in [1.82, 2.24) is 10.3 Å². The lowest BCUT2D eigenvalue weighted by Crippen LogP contribution is -2.40. The quantitative estimate of drug-likeness (QED) is 0.811. The van der Waals surface area contributed by atoms with E-state index in [2.05, 4.69) is 10.3 Å². The molecule has 0 aliphatic rings. The number of anilines is 1. The second-order valence-corrected chi connectivity index (χ2v) is 8.19. The zero-order chi connectivity index (χ0) is 13.1.